The van der Waals surface area contributed by atoms with Crippen molar-refractivity contribution in [3.8, 4) is 6.07 Å². The van der Waals surface area contributed by atoms with Crippen LogP contribution in [-0.4, -0.2) is 22.7 Å². The van der Waals surface area contributed by atoms with Gasteiger partial charge in [-0.3, -0.25) is 10.1 Å². The molecule has 0 heterocycles. The first-order chi connectivity index (χ1) is 9.65. The number of benzene rings is 1. The molecule has 0 aliphatic heterocycles. The summed E-state index contributed by atoms with van der Waals surface area (Å²) in [5.41, 5.74) is 0.708. The quantitative estimate of drug-likeness (QED) is 0.649. The molecule has 1 aromatic carbocycles. The molecular weight excluding hydrogens is 258 g/mol. The Morgan fingerprint density at radius 3 is 2.85 bits per heavy atom. The van der Waals surface area contributed by atoms with Crippen LogP contribution in [0.3, 0.4) is 0 Å². The number of aliphatic hydroxyl groups excluding tert-OH is 1. The molecule has 0 radical (unpaired) electrons. The minimum absolute atomic E-state index is 0.0152. The van der Waals surface area contributed by atoms with Gasteiger partial charge in [0.05, 0.1) is 16.6 Å². The Morgan fingerprint density at radius 2 is 2.20 bits per heavy atom. The third kappa shape index (κ3) is 3.06. The summed E-state index contributed by atoms with van der Waals surface area (Å²) < 4.78 is 0. The second kappa shape index (κ2) is 6.35. The van der Waals surface area contributed by atoms with Crippen molar-refractivity contribution in [1.29, 1.82) is 5.26 Å². The molecule has 1 saturated carbocycles. The summed E-state index contributed by atoms with van der Waals surface area (Å²) >= 11 is 0. The first-order valence-electron chi connectivity index (χ1n) is 6.71. The van der Waals surface area contributed by atoms with Gasteiger partial charge < -0.3 is 10.4 Å². The van der Waals surface area contributed by atoms with Gasteiger partial charge in [-0.2, -0.15) is 5.26 Å². The van der Waals surface area contributed by atoms with Crippen molar-refractivity contribution in [2.75, 3.05) is 11.9 Å². The molecule has 1 aliphatic rings. The van der Waals surface area contributed by atoms with Gasteiger partial charge in [-0.25, -0.2) is 0 Å². The third-order valence-electron chi connectivity index (χ3n) is 3.81. The molecule has 2 N–H and O–H groups in total. The minimum Gasteiger partial charge on any atom is -0.396 e. The van der Waals surface area contributed by atoms with Crippen molar-refractivity contribution in [2.24, 2.45) is 5.92 Å². The average molecular weight is 275 g/mol. The topological polar surface area (TPSA) is 99.2 Å². The number of nitriles is 1. The molecule has 20 heavy (non-hydrogen) atoms. The Labute approximate surface area is 117 Å². The Morgan fingerprint density at radius 1 is 1.45 bits per heavy atom. The molecule has 2 rings (SSSR count). The van der Waals surface area contributed by atoms with Crippen LogP contribution in [0.5, 0.6) is 0 Å². The maximum absolute atomic E-state index is 11.0. The van der Waals surface area contributed by atoms with E-state index < -0.39 is 4.92 Å². The van der Waals surface area contributed by atoms with Crippen LogP contribution in [0.4, 0.5) is 11.4 Å². The third-order valence-corrected chi connectivity index (χ3v) is 3.81. The summed E-state index contributed by atoms with van der Waals surface area (Å²) in [5, 5.41) is 32.5. The number of nitro groups is 1. The number of nitrogens with zero attached hydrogens (tertiary/aromatic N) is 2. The number of nitro benzene ring substituents is 1. The van der Waals surface area contributed by atoms with Gasteiger partial charge in [0.15, 0.2) is 0 Å². The summed E-state index contributed by atoms with van der Waals surface area (Å²) in [6, 6.07) is 6.28. The van der Waals surface area contributed by atoms with E-state index in [1.807, 2.05) is 6.07 Å². The molecule has 6 heteroatoms. The highest BCUT2D eigenvalue weighted by atomic mass is 16.6. The Bertz CT molecular complexity index is 539. The van der Waals surface area contributed by atoms with Crippen molar-refractivity contribution < 1.29 is 10.0 Å². The number of anilines is 1. The Hall–Kier alpha value is -2.13. The van der Waals surface area contributed by atoms with Crippen LogP contribution >= 0.6 is 0 Å². The molecule has 0 spiro atoms. The second-order valence-corrected chi connectivity index (χ2v) is 5.08. The highest BCUT2D eigenvalue weighted by molar-refractivity contribution is 5.64. The molecule has 6 nitrogen and oxygen atoms in total. The fourth-order valence-corrected chi connectivity index (χ4v) is 2.70. The van der Waals surface area contributed by atoms with Crippen LogP contribution < -0.4 is 5.32 Å². The maximum Gasteiger partial charge on any atom is 0.292 e. The summed E-state index contributed by atoms with van der Waals surface area (Å²) in [7, 11) is 0. The molecule has 0 saturated heterocycles. The first kappa shape index (κ1) is 14.3. The fourth-order valence-electron chi connectivity index (χ4n) is 2.70. The molecule has 1 fully saturated rings. The smallest absolute Gasteiger partial charge is 0.292 e. The molecule has 2 atom stereocenters. The van der Waals surface area contributed by atoms with E-state index in [9.17, 15) is 15.2 Å². The highest BCUT2D eigenvalue weighted by Crippen LogP contribution is 2.31. The van der Waals surface area contributed by atoms with E-state index in [2.05, 4.69) is 5.32 Å². The maximum atomic E-state index is 11.0. The molecule has 1 aliphatic carbocycles. The number of nitrogens with one attached hydrogen (secondary N) is 1. The van der Waals surface area contributed by atoms with Gasteiger partial charge in [0.1, 0.15) is 5.69 Å². The van der Waals surface area contributed by atoms with Gasteiger partial charge in [0, 0.05) is 24.6 Å². The van der Waals surface area contributed by atoms with Crippen molar-refractivity contribution in [1.82, 2.24) is 0 Å². The summed E-state index contributed by atoms with van der Waals surface area (Å²) in [4.78, 5) is 10.6. The molecule has 1 aromatic rings. The van der Waals surface area contributed by atoms with Gasteiger partial charge in [-0.1, -0.05) is 12.8 Å². The average Bonchev–Trinajstić information content (AvgIpc) is 2.47. The van der Waals surface area contributed by atoms with Crippen LogP contribution in [0.2, 0.25) is 0 Å². The number of hydrogen-bond acceptors (Lipinski definition) is 5. The van der Waals surface area contributed by atoms with E-state index in [1.165, 1.54) is 18.2 Å². The van der Waals surface area contributed by atoms with E-state index >= 15 is 0 Å². The lowest BCUT2D eigenvalue weighted by Gasteiger charge is -2.31. The zero-order valence-electron chi connectivity index (χ0n) is 11.1. The number of rotatable bonds is 4. The van der Waals surface area contributed by atoms with Crippen LogP contribution in [-0.2, 0) is 0 Å². The Kier molecular flexibility index (Phi) is 4.53. The van der Waals surface area contributed by atoms with E-state index in [0.29, 0.717) is 11.3 Å². The van der Waals surface area contributed by atoms with Crippen LogP contribution in [0.1, 0.15) is 31.2 Å². The van der Waals surface area contributed by atoms with Crippen molar-refractivity contribution in [2.45, 2.75) is 31.7 Å². The lowest BCUT2D eigenvalue weighted by Crippen LogP contribution is -2.34. The fraction of sp³-hybridized carbons (Fsp3) is 0.500. The molecule has 0 bridgehead atoms. The SMILES string of the molecule is N#Cc1ccc([N+](=O)[O-])c(NC2CCCCC2CO)c1. The predicted octanol–water partition coefficient (Wildman–Crippen LogP) is 2.43. The van der Waals surface area contributed by atoms with E-state index in [-0.39, 0.29) is 24.3 Å². The summed E-state index contributed by atoms with van der Waals surface area (Å²) in [6.07, 6.45) is 3.91. The highest BCUT2D eigenvalue weighted by Gasteiger charge is 2.26. The van der Waals surface area contributed by atoms with Crippen LogP contribution in [0.15, 0.2) is 18.2 Å². The van der Waals surface area contributed by atoms with Gasteiger partial charge >= 0.3 is 0 Å². The van der Waals surface area contributed by atoms with Crippen molar-refractivity contribution in [3.63, 3.8) is 0 Å². The first-order valence-corrected chi connectivity index (χ1v) is 6.71. The number of hydrogen-bond donors (Lipinski definition) is 2. The molecule has 2 unspecified atom stereocenters. The van der Waals surface area contributed by atoms with Crippen LogP contribution in [0, 0.1) is 27.4 Å². The largest absolute Gasteiger partial charge is 0.396 e. The lowest BCUT2D eigenvalue weighted by molar-refractivity contribution is -0.384. The van der Waals surface area contributed by atoms with Gasteiger partial charge in [-0.15, -0.1) is 0 Å². The van der Waals surface area contributed by atoms with Gasteiger partial charge in [0.25, 0.3) is 5.69 Å². The molecule has 0 amide bonds. The van der Waals surface area contributed by atoms with Crippen LogP contribution in [0.25, 0.3) is 0 Å². The zero-order chi connectivity index (χ0) is 14.5. The predicted molar refractivity (Wildman–Crippen MR) is 74.3 cm³/mol. The monoisotopic (exact) mass is 275 g/mol. The van der Waals surface area contributed by atoms with E-state index in [1.54, 1.807) is 0 Å². The molecule has 106 valence electrons. The molecule has 0 aromatic heterocycles. The van der Waals surface area contributed by atoms with Crippen molar-refractivity contribution >= 4 is 11.4 Å². The summed E-state index contributed by atoms with van der Waals surface area (Å²) in [5.74, 6) is 0.106. The van der Waals surface area contributed by atoms with Crippen molar-refractivity contribution in [3.05, 3.63) is 33.9 Å². The number of aliphatic hydroxyl groups is 1. The Balaban J connectivity index is 2.26. The van der Waals surface area contributed by atoms with Gasteiger partial charge in [-0.05, 0) is 25.0 Å². The summed E-state index contributed by atoms with van der Waals surface area (Å²) in [6.45, 7) is 0.0728. The molecular formula is C14H17N3O3. The second-order valence-electron chi connectivity index (χ2n) is 5.08. The minimum atomic E-state index is -0.458. The van der Waals surface area contributed by atoms with Gasteiger partial charge in [0.2, 0.25) is 0 Å². The lowest BCUT2D eigenvalue weighted by atomic mass is 9.85. The zero-order valence-corrected chi connectivity index (χ0v) is 11.1. The van der Waals surface area contributed by atoms with E-state index in [0.717, 1.165) is 25.7 Å². The standard InChI is InChI=1S/C14H17N3O3/c15-8-10-5-6-14(17(19)20)13(7-10)16-12-4-2-1-3-11(12)9-18/h5-7,11-12,16,18H,1-4,9H2. The normalized spacial score (nSPS) is 22.0. The van der Waals surface area contributed by atoms with E-state index in [4.69, 9.17) is 5.26 Å².